The molecular weight excluding hydrogens is 254 g/mol. The maximum atomic E-state index is 8.96. The van der Waals surface area contributed by atoms with Crippen molar-refractivity contribution < 1.29 is 9.94 Å². The van der Waals surface area contributed by atoms with Gasteiger partial charge in [0.05, 0.1) is 12.3 Å². The molecule has 0 fully saturated rings. The fraction of sp³-hybridized carbons (Fsp3) is 0.533. The summed E-state index contributed by atoms with van der Waals surface area (Å²) in [6.45, 7) is 8.66. The first-order chi connectivity index (χ1) is 9.51. The molecule has 0 radical (unpaired) electrons. The van der Waals surface area contributed by atoms with Crippen LogP contribution in [0.25, 0.3) is 0 Å². The summed E-state index contributed by atoms with van der Waals surface area (Å²) >= 11 is 0. The second-order valence-electron chi connectivity index (χ2n) is 5.29. The highest BCUT2D eigenvalue weighted by molar-refractivity contribution is 6.02. The van der Waals surface area contributed by atoms with E-state index in [9.17, 15) is 0 Å². The van der Waals surface area contributed by atoms with Gasteiger partial charge in [-0.2, -0.15) is 0 Å². The molecule has 5 nitrogen and oxygen atoms in total. The molecule has 0 aliphatic heterocycles. The number of benzene rings is 1. The summed E-state index contributed by atoms with van der Waals surface area (Å²) in [6.07, 6.45) is 0. The number of amidine groups is 1. The minimum absolute atomic E-state index is 0.134. The first-order valence-electron chi connectivity index (χ1n) is 6.82. The van der Waals surface area contributed by atoms with Gasteiger partial charge in [0.1, 0.15) is 0 Å². The Morgan fingerprint density at radius 3 is 2.70 bits per heavy atom. The second kappa shape index (κ2) is 7.75. The highest BCUT2D eigenvalue weighted by Gasteiger charge is 2.17. The fourth-order valence-electron chi connectivity index (χ4n) is 2.28. The number of anilines is 1. The van der Waals surface area contributed by atoms with Crippen molar-refractivity contribution in [2.45, 2.75) is 20.8 Å². The molecule has 0 aliphatic rings. The van der Waals surface area contributed by atoms with Gasteiger partial charge in [0.25, 0.3) is 0 Å². The van der Waals surface area contributed by atoms with Gasteiger partial charge in [-0.25, -0.2) is 0 Å². The van der Waals surface area contributed by atoms with Crippen LogP contribution in [-0.2, 0) is 4.74 Å². The lowest BCUT2D eigenvalue weighted by Gasteiger charge is -2.30. The number of para-hydroxylation sites is 1. The van der Waals surface area contributed by atoms with Crippen molar-refractivity contribution in [1.29, 1.82) is 0 Å². The number of oxime groups is 1. The van der Waals surface area contributed by atoms with E-state index in [1.165, 1.54) is 0 Å². The van der Waals surface area contributed by atoms with Gasteiger partial charge in [0.2, 0.25) is 0 Å². The van der Waals surface area contributed by atoms with Crippen molar-refractivity contribution in [1.82, 2.24) is 0 Å². The van der Waals surface area contributed by atoms with E-state index < -0.39 is 0 Å². The largest absolute Gasteiger partial charge is 0.409 e. The van der Waals surface area contributed by atoms with Crippen molar-refractivity contribution in [2.24, 2.45) is 16.8 Å². The van der Waals surface area contributed by atoms with Gasteiger partial charge >= 0.3 is 0 Å². The molecule has 0 spiro atoms. The van der Waals surface area contributed by atoms with E-state index in [0.717, 1.165) is 29.9 Å². The predicted octanol–water partition coefficient (Wildman–Crippen LogP) is 2.20. The molecule has 1 rings (SSSR count). The number of hydrogen-bond donors (Lipinski definition) is 2. The van der Waals surface area contributed by atoms with E-state index in [4.69, 9.17) is 15.7 Å². The zero-order valence-corrected chi connectivity index (χ0v) is 12.8. The molecule has 0 atom stereocenters. The minimum Gasteiger partial charge on any atom is -0.409 e. The monoisotopic (exact) mass is 279 g/mol. The highest BCUT2D eigenvalue weighted by atomic mass is 16.5. The predicted molar refractivity (Wildman–Crippen MR) is 82.6 cm³/mol. The summed E-state index contributed by atoms with van der Waals surface area (Å²) in [4.78, 5) is 2.23. The average Bonchev–Trinajstić information content (AvgIpc) is 2.42. The van der Waals surface area contributed by atoms with E-state index in [-0.39, 0.29) is 5.84 Å². The maximum absolute atomic E-state index is 8.96. The molecule has 0 bridgehead atoms. The van der Waals surface area contributed by atoms with Crippen LogP contribution in [-0.4, -0.2) is 37.8 Å². The zero-order valence-electron chi connectivity index (χ0n) is 12.8. The molecule has 3 N–H and O–H groups in total. The summed E-state index contributed by atoms with van der Waals surface area (Å²) in [7, 11) is 1.69. The van der Waals surface area contributed by atoms with Gasteiger partial charge in [-0.15, -0.1) is 0 Å². The SMILES string of the molecule is COCCN(CC(C)C)c1c(C)cccc1/C(N)=N/O. The first-order valence-corrected chi connectivity index (χ1v) is 6.82. The Kier molecular flexibility index (Phi) is 6.31. The summed E-state index contributed by atoms with van der Waals surface area (Å²) in [5.41, 5.74) is 8.67. The molecule has 0 aliphatic carbocycles. The van der Waals surface area contributed by atoms with Crippen LogP contribution in [0.5, 0.6) is 0 Å². The third-order valence-electron chi connectivity index (χ3n) is 3.09. The van der Waals surface area contributed by atoms with Gasteiger partial charge < -0.3 is 20.6 Å². The summed E-state index contributed by atoms with van der Waals surface area (Å²) in [5.74, 6) is 0.640. The van der Waals surface area contributed by atoms with E-state index in [1.807, 2.05) is 25.1 Å². The van der Waals surface area contributed by atoms with Gasteiger partial charge in [-0.3, -0.25) is 0 Å². The number of nitrogens with zero attached hydrogens (tertiary/aromatic N) is 2. The molecule has 0 unspecified atom stereocenters. The fourth-order valence-corrected chi connectivity index (χ4v) is 2.28. The topological polar surface area (TPSA) is 71.1 Å². The van der Waals surface area contributed by atoms with Crippen LogP contribution in [0.2, 0.25) is 0 Å². The summed E-state index contributed by atoms with van der Waals surface area (Å²) in [6, 6.07) is 5.82. The van der Waals surface area contributed by atoms with E-state index in [1.54, 1.807) is 7.11 Å². The maximum Gasteiger partial charge on any atom is 0.172 e. The molecule has 0 amide bonds. The summed E-state index contributed by atoms with van der Waals surface area (Å²) < 4.78 is 5.19. The third kappa shape index (κ3) is 4.13. The lowest BCUT2D eigenvalue weighted by molar-refractivity contribution is 0.204. The normalized spacial score (nSPS) is 11.9. The molecule has 0 saturated heterocycles. The minimum atomic E-state index is 0.134. The first kappa shape index (κ1) is 16.3. The molecule has 0 aromatic heterocycles. The Balaban J connectivity index is 3.22. The molecule has 0 saturated carbocycles. The lowest BCUT2D eigenvalue weighted by atomic mass is 10.0. The molecular formula is C15H25N3O2. The highest BCUT2D eigenvalue weighted by Crippen LogP contribution is 2.26. The van der Waals surface area contributed by atoms with Crippen molar-refractivity contribution in [3.8, 4) is 0 Å². The van der Waals surface area contributed by atoms with Crippen LogP contribution >= 0.6 is 0 Å². The molecule has 1 aromatic rings. The quantitative estimate of drug-likeness (QED) is 0.347. The number of rotatable bonds is 7. The number of methoxy groups -OCH3 is 1. The van der Waals surface area contributed by atoms with Crippen LogP contribution in [0.1, 0.15) is 25.0 Å². The molecule has 20 heavy (non-hydrogen) atoms. The van der Waals surface area contributed by atoms with E-state index in [2.05, 4.69) is 23.9 Å². The van der Waals surface area contributed by atoms with Crippen molar-refractivity contribution in [3.63, 3.8) is 0 Å². The Morgan fingerprint density at radius 2 is 2.15 bits per heavy atom. The van der Waals surface area contributed by atoms with E-state index >= 15 is 0 Å². The Bertz CT molecular complexity index is 458. The van der Waals surface area contributed by atoms with Crippen molar-refractivity contribution >= 4 is 11.5 Å². The number of hydrogen-bond acceptors (Lipinski definition) is 4. The number of ether oxygens (including phenoxy) is 1. The Morgan fingerprint density at radius 1 is 1.45 bits per heavy atom. The average molecular weight is 279 g/mol. The van der Waals surface area contributed by atoms with Crippen LogP contribution in [0.3, 0.4) is 0 Å². The Hall–Kier alpha value is -1.75. The lowest BCUT2D eigenvalue weighted by Crippen LogP contribution is -2.33. The van der Waals surface area contributed by atoms with Crippen LogP contribution in [0.4, 0.5) is 5.69 Å². The van der Waals surface area contributed by atoms with Gasteiger partial charge in [0, 0.05) is 25.8 Å². The Labute approximate surface area is 121 Å². The van der Waals surface area contributed by atoms with Crippen LogP contribution in [0, 0.1) is 12.8 Å². The van der Waals surface area contributed by atoms with Crippen LogP contribution in [0.15, 0.2) is 23.4 Å². The molecule has 0 heterocycles. The van der Waals surface area contributed by atoms with Gasteiger partial charge in [-0.05, 0) is 24.5 Å². The molecule has 112 valence electrons. The van der Waals surface area contributed by atoms with E-state index in [0.29, 0.717) is 12.5 Å². The smallest absolute Gasteiger partial charge is 0.172 e. The third-order valence-corrected chi connectivity index (χ3v) is 3.09. The second-order valence-corrected chi connectivity index (χ2v) is 5.29. The van der Waals surface area contributed by atoms with Gasteiger partial charge in [-0.1, -0.05) is 31.1 Å². The van der Waals surface area contributed by atoms with Crippen molar-refractivity contribution in [3.05, 3.63) is 29.3 Å². The molecule has 1 aromatic carbocycles. The van der Waals surface area contributed by atoms with Crippen molar-refractivity contribution in [2.75, 3.05) is 31.7 Å². The molecule has 5 heteroatoms. The number of aryl methyl sites for hydroxylation is 1. The number of nitrogens with two attached hydrogens (primary N) is 1. The van der Waals surface area contributed by atoms with Crippen LogP contribution < -0.4 is 10.6 Å². The summed E-state index contributed by atoms with van der Waals surface area (Å²) in [5, 5.41) is 12.1. The standard InChI is InChI=1S/C15H25N3O2/c1-11(2)10-18(8-9-20-4)14-12(3)6-5-7-13(14)15(16)17-19/h5-7,11,19H,8-10H2,1-4H3,(H2,16,17). The van der Waals surface area contributed by atoms with Gasteiger partial charge in [0.15, 0.2) is 5.84 Å². The zero-order chi connectivity index (χ0) is 15.1.